The van der Waals surface area contributed by atoms with Crippen LogP contribution in [-0.2, 0) is 4.79 Å². The Morgan fingerprint density at radius 1 is 0.969 bits per heavy atom. The van der Waals surface area contributed by atoms with Gasteiger partial charge in [0.15, 0.2) is 5.78 Å². The van der Waals surface area contributed by atoms with Crippen molar-refractivity contribution in [2.24, 2.45) is 0 Å². The number of ketones is 1. The summed E-state index contributed by atoms with van der Waals surface area (Å²) in [6.07, 6.45) is 18.3. The number of rotatable bonds is 11. The number of anilines is 1. The maximum atomic E-state index is 12.8. The van der Waals surface area contributed by atoms with E-state index in [1.54, 1.807) is 0 Å². The van der Waals surface area contributed by atoms with Gasteiger partial charge in [0.25, 0.3) is 0 Å². The number of allylic oxidation sites excluding steroid dienone is 2. The van der Waals surface area contributed by atoms with Gasteiger partial charge in [-0.15, -0.1) is 11.8 Å². The molecule has 2 N–H and O–H groups in total. The summed E-state index contributed by atoms with van der Waals surface area (Å²) in [5.41, 5.74) is 4.02. The predicted molar refractivity (Wildman–Crippen MR) is 139 cm³/mol. The van der Waals surface area contributed by atoms with E-state index in [9.17, 15) is 4.79 Å². The molecule has 1 saturated carbocycles. The lowest BCUT2D eigenvalue weighted by Crippen LogP contribution is -2.19. The third kappa shape index (κ3) is 7.79. The number of hydrogen-bond acceptors (Lipinski definition) is 4. The second-order valence-corrected chi connectivity index (χ2v) is 10.7. The van der Waals surface area contributed by atoms with Crippen molar-refractivity contribution in [1.29, 1.82) is 5.41 Å². The maximum absolute atomic E-state index is 12.8. The van der Waals surface area contributed by atoms with Crippen LogP contribution in [0.15, 0.2) is 40.4 Å². The minimum absolute atomic E-state index is 0.124. The van der Waals surface area contributed by atoms with Gasteiger partial charge >= 0.3 is 0 Å². The second-order valence-electron chi connectivity index (χ2n) is 9.48. The largest absolute Gasteiger partial charge is 0.358 e. The number of unbranched alkanes of at least 4 members (excludes halogenated alkanes) is 8. The van der Waals surface area contributed by atoms with Gasteiger partial charge in [-0.05, 0) is 44.2 Å². The molecule has 1 unspecified atom stereocenters. The number of Topliss-reactive ketones (excluding diaryl/α,β-unsaturated/α-hetero) is 1. The average Bonchev–Trinajstić information content (AvgIpc) is 3.13. The molecule has 3 nitrogen and oxygen atoms in total. The minimum Gasteiger partial charge on any atom is -0.358 e. The van der Waals surface area contributed by atoms with Crippen LogP contribution in [-0.4, -0.2) is 16.7 Å². The molecule has 1 aromatic carbocycles. The van der Waals surface area contributed by atoms with Crippen LogP contribution in [0, 0.1) is 5.41 Å². The van der Waals surface area contributed by atoms with Crippen LogP contribution < -0.4 is 5.32 Å². The summed E-state index contributed by atoms with van der Waals surface area (Å²) >= 11 is 1.81. The van der Waals surface area contributed by atoms with Crippen molar-refractivity contribution in [3.8, 4) is 0 Å². The summed E-state index contributed by atoms with van der Waals surface area (Å²) in [5, 5.41) is 12.6. The van der Waals surface area contributed by atoms with Gasteiger partial charge in [0.1, 0.15) is 0 Å². The van der Waals surface area contributed by atoms with Gasteiger partial charge in [-0.1, -0.05) is 76.8 Å². The number of carbonyl (C=O) groups excluding carboxylic acids is 1. The van der Waals surface area contributed by atoms with E-state index in [4.69, 9.17) is 5.41 Å². The molecule has 1 aromatic rings. The van der Waals surface area contributed by atoms with Crippen LogP contribution in [0.3, 0.4) is 0 Å². The fourth-order valence-corrected chi connectivity index (χ4v) is 6.04. The molecule has 0 aromatic heterocycles. The zero-order chi connectivity index (χ0) is 22.6. The van der Waals surface area contributed by atoms with Crippen molar-refractivity contribution in [3.05, 3.63) is 35.5 Å². The van der Waals surface area contributed by atoms with Crippen LogP contribution in [0.5, 0.6) is 0 Å². The number of benzene rings is 1. The number of hydrogen-bond donors (Lipinski definition) is 2. The number of para-hydroxylation sites is 1. The van der Waals surface area contributed by atoms with Gasteiger partial charge < -0.3 is 10.7 Å². The smallest absolute Gasteiger partial charge is 0.160 e. The standard InChI is InChI=1S/C28H42N2OS/c1-2-3-4-5-6-7-8-9-12-17-23(29)28-21-25(22-16-11-10-13-19-26(22)31)30-24-18-14-15-20-27(24)32-28/h14-15,18,20,28-30H,2-13,16-17,19,21H2,1H3. The van der Waals surface area contributed by atoms with Gasteiger partial charge in [0, 0.05) is 34.7 Å². The number of fused-ring (bicyclic) bond motifs is 1. The van der Waals surface area contributed by atoms with Crippen LogP contribution in [0.4, 0.5) is 5.69 Å². The lowest BCUT2D eigenvalue weighted by Gasteiger charge is -2.18. The molecule has 1 aliphatic carbocycles. The van der Waals surface area contributed by atoms with E-state index in [2.05, 4.69) is 36.5 Å². The lowest BCUT2D eigenvalue weighted by atomic mass is 9.98. The van der Waals surface area contributed by atoms with Crippen molar-refractivity contribution >= 4 is 28.9 Å². The molecule has 3 rings (SSSR count). The Morgan fingerprint density at radius 3 is 2.44 bits per heavy atom. The molecular weight excluding hydrogens is 412 g/mol. The van der Waals surface area contributed by atoms with Crippen LogP contribution >= 0.6 is 11.8 Å². The van der Waals surface area contributed by atoms with E-state index in [1.165, 1.54) is 56.3 Å². The lowest BCUT2D eigenvalue weighted by molar-refractivity contribution is -0.115. The van der Waals surface area contributed by atoms with E-state index in [0.29, 0.717) is 12.2 Å². The Bertz CT molecular complexity index is 785. The van der Waals surface area contributed by atoms with Gasteiger partial charge in [-0.3, -0.25) is 4.79 Å². The first-order valence-electron chi connectivity index (χ1n) is 13.0. The van der Waals surface area contributed by atoms with Gasteiger partial charge in [0.05, 0.1) is 10.9 Å². The van der Waals surface area contributed by atoms with Crippen molar-refractivity contribution in [1.82, 2.24) is 0 Å². The summed E-state index contributed by atoms with van der Waals surface area (Å²) in [5.74, 6) is 0.318. The molecule has 2 aliphatic rings. The van der Waals surface area contributed by atoms with Gasteiger partial charge in [-0.2, -0.15) is 0 Å². The van der Waals surface area contributed by atoms with E-state index in [1.807, 2.05) is 11.8 Å². The molecular formula is C28H42N2OS. The predicted octanol–water partition coefficient (Wildman–Crippen LogP) is 8.69. The first-order valence-corrected chi connectivity index (χ1v) is 13.9. The number of thioether (sulfide) groups is 1. The second kappa shape index (κ2) is 13.9. The number of carbonyl (C=O) groups is 1. The molecule has 1 heterocycles. The molecule has 0 spiro atoms. The van der Waals surface area contributed by atoms with E-state index < -0.39 is 0 Å². The molecule has 1 fully saturated rings. The normalized spacial score (nSPS) is 21.4. The Kier molecular flexibility index (Phi) is 10.9. The third-order valence-electron chi connectivity index (χ3n) is 6.80. The molecule has 1 aliphatic heterocycles. The summed E-state index contributed by atoms with van der Waals surface area (Å²) < 4.78 is 0. The zero-order valence-electron chi connectivity index (χ0n) is 20.0. The highest BCUT2D eigenvalue weighted by atomic mass is 32.2. The highest BCUT2D eigenvalue weighted by Crippen LogP contribution is 2.40. The van der Waals surface area contributed by atoms with E-state index in [-0.39, 0.29) is 5.25 Å². The Hall–Kier alpha value is -1.55. The minimum atomic E-state index is 0.124. The first kappa shape index (κ1) is 25.1. The molecule has 0 radical (unpaired) electrons. The van der Waals surface area contributed by atoms with Gasteiger partial charge in [0.2, 0.25) is 0 Å². The number of nitrogens with one attached hydrogen (secondary N) is 2. The Labute approximate surface area is 199 Å². The molecule has 0 amide bonds. The Morgan fingerprint density at radius 2 is 1.66 bits per heavy atom. The summed E-state index contributed by atoms with van der Waals surface area (Å²) in [4.78, 5) is 14.0. The Balaban J connectivity index is 1.58. The van der Waals surface area contributed by atoms with E-state index >= 15 is 0 Å². The quantitative estimate of drug-likeness (QED) is 0.152. The van der Waals surface area contributed by atoms with Crippen LogP contribution in [0.2, 0.25) is 0 Å². The summed E-state index contributed by atoms with van der Waals surface area (Å²) in [6.45, 7) is 2.27. The topological polar surface area (TPSA) is 53.0 Å². The summed E-state index contributed by atoms with van der Waals surface area (Å²) in [7, 11) is 0. The van der Waals surface area contributed by atoms with Crippen LogP contribution in [0.25, 0.3) is 0 Å². The van der Waals surface area contributed by atoms with Crippen LogP contribution in [0.1, 0.15) is 110 Å². The molecule has 0 saturated heterocycles. The van der Waals surface area contributed by atoms with Crippen molar-refractivity contribution < 1.29 is 4.79 Å². The molecule has 32 heavy (non-hydrogen) atoms. The average molecular weight is 455 g/mol. The first-order chi connectivity index (χ1) is 15.7. The van der Waals surface area contributed by atoms with Gasteiger partial charge in [-0.25, -0.2) is 0 Å². The fraction of sp³-hybridized carbons (Fsp3) is 0.643. The van der Waals surface area contributed by atoms with Crippen molar-refractivity contribution in [3.63, 3.8) is 0 Å². The maximum Gasteiger partial charge on any atom is 0.160 e. The monoisotopic (exact) mass is 454 g/mol. The molecule has 4 heteroatoms. The third-order valence-corrected chi connectivity index (χ3v) is 8.15. The van der Waals surface area contributed by atoms with E-state index in [0.717, 1.165) is 67.6 Å². The summed E-state index contributed by atoms with van der Waals surface area (Å²) in [6, 6.07) is 8.38. The van der Waals surface area contributed by atoms with Crippen molar-refractivity contribution in [2.75, 3.05) is 5.32 Å². The molecule has 0 bridgehead atoms. The highest BCUT2D eigenvalue weighted by Gasteiger charge is 2.27. The molecule has 176 valence electrons. The SMILES string of the molecule is CCCCCCCCCCCC(=N)C1CC(=C2CCCCCC2=O)Nc2ccccc2S1. The molecule has 1 atom stereocenters. The van der Waals surface area contributed by atoms with Crippen molar-refractivity contribution in [2.45, 2.75) is 120 Å². The highest BCUT2D eigenvalue weighted by molar-refractivity contribution is 8.00. The zero-order valence-corrected chi connectivity index (χ0v) is 20.8. The fourth-order valence-electron chi connectivity index (χ4n) is 4.82.